The van der Waals surface area contributed by atoms with Crippen LogP contribution in [0.3, 0.4) is 0 Å². The molecule has 2 nitrogen and oxygen atoms in total. The van der Waals surface area contributed by atoms with Gasteiger partial charge in [-0.15, -0.1) is 0 Å². The van der Waals surface area contributed by atoms with Crippen LogP contribution < -0.4 is 0 Å². The smallest absolute Gasteiger partial charge is 0.0998 e. The topological polar surface area (TPSA) is 36.7 Å². The van der Waals surface area contributed by atoms with Crippen molar-refractivity contribution in [2.24, 2.45) is 0 Å². The number of pyridine rings is 1. The van der Waals surface area contributed by atoms with Crippen molar-refractivity contribution in [1.29, 1.82) is 5.26 Å². The summed E-state index contributed by atoms with van der Waals surface area (Å²) in [7, 11) is 0. The molecule has 0 atom stereocenters. The fourth-order valence-electron chi connectivity index (χ4n) is 2.77. The number of rotatable bonds is 1. The molecule has 1 aromatic carbocycles. The summed E-state index contributed by atoms with van der Waals surface area (Å²) in [6.45, 7) is 0. The Balaban J connectivity index is 2.26. The van der Waals surface area contributed by atoms with Crippen LogP contribution in [0.5, 0.6) is 0 Å². The van der Waals surface area contributed by atoms with Gasteiger partial charge in [-0.25, -0.2) is 0 Å². The fraction of sp³-hybridized carbons (Fsp3) is 0.250. The first-order valence-corrected chi connectivity index (χ1v) is 6.35. The van der Waals surface area contributed by atoms with E-state index in [0.717, 1.165) is 29.5 Å². The van der Waals surface area contributed by atoms with E-state index >= 15 is 0 Å². The van der Waals surface area contributed by atoms with E-state index in [-0.39, 0.29) is 0 Å². The van der Waals surface area contributed by atoms with Crippen molar-refractivity contribution >= 4 is 0 Å². The number of aromatic nitrogens is 1. The lowest BCUT2D eigenvalue weighted by Gasteiger charge is -2.20. The Morgan fingerprint density at radius 2 is 1.78 bits per heavy atom. The Morgan fingerprint density at radius 1 is 1.00 bits per heavy atom. The van der Waals surface area contributed by atoms with Crippen molar-refractivity contribution in [2.45, 2.75) is 25.7 Å². The quantitative estimate of drug-likeness (QED) is 0.757. The van der Waals surface area contributed by atoms with E-state index in [0.29, 0.717) is 0 Å². The van der Waals surface area contributed by atoms with Gasteiger partial charge in [-0.3, -0.25) is 4.98 Å². The number of hydrogen-bond acceptors (Lipinski definition) is 2. The lowest BCUT2D eigenvalue weighted by atomic mass is 9.84. The van der Waals surface area contributed by atoms with Gasteiger partial charge in [0.25, 0.3) is 0 Å². The average Bonchev–Trinajstić information content (AvgIpc) is 2.47. The molecule has 2 heteroatoms. The second-order valence-corrected chi connectivity index (χ2v) is 4.68. The first kappa shape index (κ1) is 11.0. The van der Waals surface area contributed by atoms with Gasteiger partial charge >= 0.3 is 0 Å². The van der Waals surface area contributed by atoms with E-state index in [9.17, 15) is 5.26 Å². The first-order valence-electron chi connectivity index (χ1n) is 6.35. The van der Waals surface area contributed by atoms with Gasteiger partial charge in [-0.1, -0.05) is 6.07 Å². The normalized spacial score (nSPS) is 13.7. The summed E-state index contributed by atoms with van der Waals surface area (Å²) >= 11 is 0. The van der Waals surface area contributed by atoms with E-state index in [1.54, 1.807) is 12.4 Å². The van der Waals surface area contributed by atoms with Crippen LogP contribution in [0.4, 0.5) is 0 Å². The van der Waals surface area contributed by atoms with Crippen LogP contribution in [0.2, 0.25) is 0 Å². The van der Waals surface area contributed by atoms with Crippen LogP contribution in [0.15, 0.2) is 36.7 Å². The Bertz CT molecular complexity index is 609. The van der Waals surface area contributed by atoms with Crippen molar-refractivity contribution in [1.82, 2.24) is 4.98 Å². The fourth-order valence-corrected chi connectivity index (χ4v) is 2.77. The van der Waals surface area contributed by atoms with E-state index < -0.39 is 0 Å². The highest BCUT2D eigenvalue weighted by Gasteiger charge is 2.17. The third-order valence-electron chi connectivity index (χ3n) is 3.62. The van der Waals surface area contributed by atoms with Crippen molar-refractivity contribution in [3.63, 3.8) is 0 Å². The summed E-state index contributed by atoms with van der Waals surface area (Å²) < 4.78 is 0. The maximum Gasteiger partial charge on any atom is 0.0998 e. The molecule has 0 saturated heterocycles. The summed E-state index contributed by atoms with van der Waals surface area (Å²) in [4.78, 5) is 4.06. The third kappa shape index (κ3) is 1.78. The number of aryl methyl sites for hydroxylation is 1. The molecule has 0 unspecified atom stereocenters. The summed E-state index contributed by atoms with van der Waals surface area (Å²) in [5.74, 6) is 0. The van der Waals surface area contributed by atoms with Gasteiger partial charge in [-0.05, 0) is 60.6 Å². The molecule has 0 N–H and O–H groups in total. The molecular weight excluding hydrogens is 220 g/mol. The molecule has 0 radical (unpaired) electrons. The summed E-state index contributed by atoms with van der Waals surface area (Å²) in [6, 6.07) is 10.4. The van der Waals surface area contributed by atoms with Gasteiger partial charge in [0.2, 0.25) is 0 Å². The molecule has 0 aliphatic heterocycles. The van der Waals surface area contributed by atoms with E-state index in [1.807, 2.05) is 18.2 Å². The van der Waals surface area contributed by atoms with Gasteiger partial charge in [-0.2, -0.15) is 5.26 Å². The molecule has 2 aromatic rings. The summed E-state index contributed by atoms with van der Waals surface area (Å²) in [5, 5.41) is 9.32. The average molecular weight is 234 g/mol. The molecular formula is C16H14N2. The molecule has 0 saturated carbocycles. The predicted molar refractivity (Wildman–Crippen MR) is 71.0 cm³/mol. The second-order valence-electron chi connectivity index (χ2n) is 4.68. The second kappa shape index (κ2) is 4.62. The molecule has 1 aliphatic rings. The molecule has 0 amide bonds. The number of fused-ring (bicyclic) bond motifs is 1. The van der Waals surface area contributed by atoms with Crippen LogP contribution in [-0.4, -0.2) is 4.98 Å². The van der Waals surface area contributed by atoms with Gasteiger partial charge < -0.3 is 0 Å². The minimum absolute atomic E-state index is 0.779. The maximum absolute atomic E-state index is 9.32. The first-order chi connectivity index (χ1) is 8.90. The van der Waals surface area contributed by atoms with Crippen LogP contribution in [0.25, 0.3) is 11.1 Å². The number of nitrogens with zero attached hydrogens (tertiary/aromatic N) is 2. The molecule has 88 valence electrons. The summed E-state index contributed by atoms with van der Waals surface area (Å²) in [5.41, 5.74) is 5.79. The van der Waals surface area contributed by atoms with Crippen molar-refractivity contribution in [2.75, 3.05) is 0 Å². The zero-order valence-electron chi connectivity index (χ0n) is 10.2. The van der Waals surface area contributed by atoms with Crippen molar-refractivity contribution < 1.29 is 0 Å². The minimum Gasteiger partial charge on any atom is -0.265 e. The van der Waals surface area contributed by atoms with E-state index in [2.05, 4.69) is 17.1 Å². The lowest BCUT2D eigenvalue weighted by Crippen LogP contribution is -2.06. The molecule has 1 aromatic heterocycles. The van der Waals surface area contributed by atoms with Crippen LogP contribution in [0.1, 0.15) is 29.5 Å². The molecule has 18 heavy (non-hydrogen) atoms. The van der Waals surface area contributed by atoms with Crippen molar-refractivity contribution in [3.05, 3.63) is 53.3 Å². The zero-order chi connectivity index (χ0) is 12.4. The van der Waals surface area contributed by atoms with E-state index in [1.165, 1.54) is 24.0 Å². The molecule has 0 fully saturated rings. The highest BCUT2D eigenvalue weighted by atomic mass is 14.6. The Kier molecular flexibility index (Phi) is 2.82. The maximum atomic E-state index is 9.32. The minimum atomic E-state index is 0.779. The van der Waals surface area contributed by atoms with Gasteiger partial charge in [0.05, 0.1) is 11.6 Å². The number of hydrogen-bond donors (Lipinski definition) is 0. The zero-order valence-corrected chi connectivity index (χ0v) is 10.2. The third-order valence-corrected chi connectivity index (χ3v) is 3.62. The van der Waals surface area contributed by atoms with Crippen LogP contribution in [-0.2, 0) is 12.8 Å². The summed E-state index contributed by atoms with van der Waals surface area (Å²) in [6.07, 6.45) is 8.29. The lowest BCUT2D eigenvalue weighted by molar-refractivity contribution is 0.686. The largest absolute Gasteiger partial charge is 0.265 e. The highest BCUT2D eigenvalue weighted by molar-refractivity contribution is 5.75. The molecule has 3 rings (SSSR count). The van der Waals surface area contributed by atoms with Gasteiger partial charge in [0, 0.05) is 18.0 Å². The molecule has 1 heterocycles. The molecule has 0 bridgehead atoms. The molecule has 1 aliphatic carbocycles. The SMILES string of the molecule is N#Cc1ccc2c(c1-c1ccncc1)CCCC2. The van der Waals surface area contributed by atoms with Gasteiger partial charge in [0.15, 0.2) is 0 Å². The Labute approximate surface area is 107 Å². The van der Waals surface area contributed by atoms with E-state index in [4.69, 9.17) is 0 Å². The Morgan fingerprint density at radius 3 is 2.56 bits per heavy atom. The molecule has 0 spiro atoms. The monoisotopic (exact) mass is 234 g/mol. The Hall–Kier alpha value is -2.14. The van der Waals surface area contributed by atoms with Crippen LogP contribution >= 0.6 is 0 Å². The standard InChI is InChI=1S/C16H14N2/c17-11-14-6-5-12-3-1-2-4-15(12)16(14)13-7-9-18-10-8-13/h5-10H,1-4H2. The highest BCUT2D eigenvalue weighted by Crippen LogP contribution is 2.33. The predicted octanol–water partition coefficient (Wildman–Crippen LogP) is 3.50. The number of nitriles is 1. The van der Waals surface area contributed by atoms with Crippen molar-refractivity contribution in [3.8, 4) is 17.2 Å². The number of benzene rings is 1. The van der Waals surface area contributed by atoms with Gasteiger partial charge in [0.1, 0.15) is 0 Å². The van der Waals surface area contributed by atoms with Crippen LogP contribution in [0, 0.1) is 11.3 Å².